The first kappa shape index (κ1) is 11.1. The Kier molecular flexibility index (Phi) is 2.29. The summed E-state index contributed by atoms with van der Waals surface area (Å²) in [5.41, 5.74) is 3.19. The molecule has 0 radical (unpaired) electrons. The van der Waals surface area contributed by atoms with E-state index in [1.54, 1.807) is 6.07 Å². The van der Waals surface area contributed by atoms with Crippen molar-refractivity contribution in [1.29, 1.82) is 0 Å². The summed E-state index contributed by atoms with van der Waals surface area (Å²) in [7, 11) is 0. The molecule has 0 aliphatic rings. The van der Waals surface area contributed by atoms with Gasteiger partial charge in [-0.3, -0.25) is 0 Å². The van der Waals surface area contributed by atoms with E-state index in [2.05, 4.69) is 9.97 Å². The molecular formula is C16H9FN2O. The number of halogens is 1. The van der Waals surface area contributed by atoms with E-state index >= 15 is 0 Å². The molecule has 96 valence electrons. The third-order valence-corrected chi connectivity index (χ3v) is 3.15. The van der Waals surface area contributed by atoms with Crippen molar-refractivity contribution in [2.24, 2.45) is 0 Å². The molecule has 4 aromatic rings. The summed E-state index contributed by atoms with van der Waals surface area (Å²) in [4.78, 5) is 8.76. The molecule has 0 fully saturated rings. The topological polar surface area (TPSA) is 38.9 Å². The van der Waals surface area contributed by atoms with Gasteiger partial charge in [0.1, 0.15) is 17.1 Å². The first-order valence-corrected chi connectivity index (χ1v) is 6.22. The van der Waals surface area contributed by atoms with Crippen molar-refractivity contribution in [3.05, 3.63) is 60.4 Å². The Labute approximate surface area is 113 Å². The zero-order chi connectivity index (χ0) is 13.5. The fourth-order valence-electron chi connectivity index (χ4n) is 2.20. The molecule has 0 N–H and O–H groups in total. The molecule has 4 heteroatoms. The Morgan fingerprint density at radius 1 is 0.800 bits per heavy atom. The van der Waals surface area contributed by atoms with Crippen molar-refractivity contribution in [2.45, 2.75) is 0 Å². The number of hydrogen-bond donors (Lipinski definition) is 0. The van der Waals surface area contributed by atoms with Gasteiger partial charge in [-0.15, -0.1) is 0 Å². The second-order valence-corrected chi connectivity index (χ2v) is 4.52. The lowest BCUT2D eigenvalue weighted by Crippen LogP contribution is -1.85. The maximum absolute atomic E-state index is 13.2. The Morgan fingerprint density at radius 3 is 2.50 bits per heavy atom. The summed E-state index contributed by atoms with van der Waals surface area (Å²) < 4.78 is 18.9. The van der Waals surface area contributed by atoms with Crippen molar-refractivity contribution in [3.63, 3.8) is 0 Å². The van der Waals surface area contributed by atoms with Crippen LogP contribution in [-0.4, -0.2) is 9.97 Å². The molecular weight excluding hydrogens is 255 g/mol. The van der Waals surface area contributed by atoms with Gasteiger partial charge in [0.25, 0.3) is 0 Å². The molecule has 2 heterocycles. The molecule has 4 rings (SSSR count). The number of aromatic nitrogens is 2. The number of fused-ring (bicyclic) bond motifs is 2. The predicted octanol–water partition coefficient (Wildman–Crippen LogP) is 4.18. The maximum Gasteiger partial charge on any atom is 0.246 e. The average Bonchev–Trinajstić information content (AvgIpc) is 2.88. The lowest BCUT2D eigenvalue weighted by Gasteiger charge is -1.95. The molecule has 2 aromatic heterocycles. The highest BCUT2D eigenvalue weighted by atomic mass is 19.1. The third kappa shape index (κ3) is 1.73. The number of rotatable bonds is 1. The van der Waals surface area contributed by atoms with Crippen molar-refractivity contribution >= 4 is 22.3 Å². The normalized spacial score (nSPS) is 11.2. The van der Waals surface area contributed by atoms with Gasteiger partial charge in [-0.1, -0.05) is 30.3 Å². The van der Waals surface area contributed by atoms with Crippen LogP contribution >= 0.6 is 0 Å². The van der Waals surface area contributed by atoms with E-state index in [1.165, 1.54) is 12.1 Å². The molecule has 0 saturated heterocycles. The molecule has 0 bridgehead atoms. The zero-order valence-corrected chi connectivity index (χ0v) is 10.4. The summed E-state index contributed by atoms with van der Waals surface area (Å²) in [6.07, 6.45) is 0. The van der Waals surface area contributed by atoms with E-state index in [4.69, 9.17) is 4.42 Å². The van der Waals surface area contributed by atoms with Gasteiger partial charge in [-0.05, 0) is 12.1 Å². The summed E-state index contributed by atoms with van der Waals surface area (Å²) in [5.74, 6) is 0.384. The van der Waals surface area contributed by atoms with Crippen molar-refractivity contribution in [3.8, 4) is 11.3 Å². The Bertz CT molecular complexity index is 916. The van der Waals surface area contributed by atoms with Gasteiger partial charge >= 0.3 is 0 Å². The van der Waals surface area contributed by atoms with Gasteiger partial charge in [-0.2, -0.15) is 0 Å². The first-order chi connectivity index (χ1) is 9.79. The SMILES string of the molecule is Fc1ccc2nc3oc(-c4ccccc4)cc3nc2c1. The minimum Gasteiger partial charge on any atom is -0.436 e. The van der Waals surface area contributed by atoms with Crippen LogP contribution in [0.2, 0.25) is 0 Å². The van der Waals surface area contributed by atoms with Gasteiger partial charge in [0.15, 0.2) is 0 Å². The Balaban J connectivity index is 1.97. The van der Waals surface area contributed by atoms with Crippen LogP contribution < -0.4 is 0 Å². The lowest BCUT2D eigenvalue weighted by molar-refractivity contribution is 0.618. The summed E-state index contributed by atoms with van der Waals surface area (Å²) >= 11 is 0. The molecule has 0 spiro atoms. The number of furan rings is 1. The van der Waals surface area contributed by atoms with Gasteiger partial charge in [0.2, 0.25) is 5.71 Å². The first-order valence-electron chi connectivity index (χ1n) is 6.22. The van der Waals surface area contributed by atoms with Crippen molar-refractivity contribution < 1.29 is 8.81 Å². The Morgan fingerprint density at radius 2 is 1.65 bits per heavy atom. The van der Waals surface area contributed by atoms with E-state index < -0.39 is 0 Å². The highest BCUT2D eigenvalue weighted by molar-refractivity contribution is 5.85. The Hall–Kier alpha value is -2.75. The summed E-state index contributed by atoms with van der Waals surface area (Å²) in [6, 6.07) is 15.9. The van der Waals surface area contributed by atoms with Crippen LogP contribution in [-0.2, 0) is 0 Å². The van der Waals surface area contributed by atoms with E-state index in [0.717, 1.165) is 5.56 Å². The highest BCUT2D eigenvalue weighted by Gasteiger charge is 2.10. The largest absolute Gasteiger partial charge is 0.436 e. The number of hydrogen-bond acceptors (Lipinski definition) is 3. The molecule has 0 aliphatic heterocycles. The van der Waals surface area contributed by atoms with Crippen LogP contribution in [0.4, 0.5) is 4.39 Å². The minimum absolute atomic E-state index is 0.321. The molecule has 0 saturated carbocycles. The van der Waals surface area contributed by atoms with Crippen molar-refractivity contribution in [2.75, 3.05) is 0 Å². The monoisotopic (exact) mass is 264 g/mol. The molecule has 0 aliphatic carbocycles. The zero-order valence-electron chi connectivity index (χ0n) is 10.4. The number of benzene rings is 2. The second kappa shape index (κ2) is 4.13. The highest BCUT2D eigenvalue weighted by Crippen LogP contribution is 2.27. The standard InChI is InChI=1S/C16H9FN2O/c17-11-6-7-12-13(8-11)18-14-9-15(20-16(14)19-12)10-4-2-1-3-5-10/h1-9H. The minimum atomic E-state index is -0.321. The molecule has 0 amide bonds. The van der Waals surface area contributed by atoms with Crippen LogP contribution in [0.25, 0.3) is 33.6 Å². The molecule has 2 aromatic carbocycles. The maximum atomic E-state index is 13.2. The van der Waals surface area contributed by atoms with E-state index in [-0.39, 0.29) is 5.82 Å². The van der Waals surface area contributed by atoms with E-state index in [1.807, 2.05) is 36.4 Å². The molecule has 0 atom stereocenters. The third-order valence-electron chi connectivity index (χ3n) is 3.15. The van der Waals surface area contributed by atoms with Crippen LogP contribution in [0, 0.1) is 5.82 Å². The van der Waals surface area contributed by atoms with E-state index in [9.17, 15) is 4.39 Å². The molecule has 0 unspecified atom stereocenters. The smallest absolute Gasteiger partial charge is 0.246 e. The van der Waals surface area contributed by atoms with Gasteiger partial charge in [0, 0.05) is 17.7 Å². The van der Waals surface area contributed by atoms with E-state index in [0.29, 0.717) is 28.0 Å². The molecule has 3 nitrogen and oxygen atoms in total. The van der Waals surface area contributed by atoms with Crippen LogP contribution in [0.3, 0.4) is 0 Å². The van der Waals surface area contributed by atoms with Crippen LogP contribution in [0.15, 0.2) is 59.0 Å². The fourth-order valence-corrected chi connectivity index (χ4v) is 2.20. The van der Waals surface area contributed by atoms with Crippen molar-refractivity contribution in [1.82, 2.24) is 9.97 Å². The molecule has 20 heavy (non-hydrogen) atoms. The van der Waals surface area contributed by atoms with Crippen LogP contribution in [0.5, 0.6) is 0 Å². The quantitative estimate of drug-likeness (QED) is 0.517. The fraction of sp³-hybridized carbons (Fsp3) is 0. The lowest BCUT2D eigenvalue weighted by atomic mass is 10.2. The average molecular weight is 264 g/mol. The summed E-state index contributed by atoms with van der Waals surface area (Å²) in [6.45, 7) is 0. The second-order valence-electron chi connectivity index (χ2n) is 4.52. The number of nitrogens with zero attached hydrogens (tertiary/aromatic N) is 2. The van der Waals surface area contributed by atoms with Gasteiger partial charge < -0.3 is 4.42 Å². The predicted molar refractivity (Wildman–Crippen MR) is 74.7 cm³/mol. The van der Waals surface area contributed by atoms with Gasteiger partial charge in [-0.25, -0.2) is 14.4 Å². The van der Waals surface area contributed by atoms with Gasteiger partial charge in [0.05, 0.1) is 11.0 Å². The summed E-state index contributed by atoms with van der Waals surface area (Å²) in [5, 5.41) is 0. The van der Waals surface area contributed by atoms with Crippen LogP contribution in [0.1, 0.15) is 0 Å².